The summed E-state index contributed by atoms with van der Waals surface area (Å²) in [6, 6.07) is -0.741. The molecule has 5 heteroatoms. The highest BCUT2D eigenvalue weighted by Gasteiger charge is 2.28. The van der Waals surface area contributed by atoms with Crippen molar-refractivity contribution in [2.45, 2.75) is 64.5 Å². The second-order valence-electron chi connectivity index (χ2n) is 4.37. The Kier molecular flexibility index (Phi) is 6.80. The van der Waals surface area contributed by atoms with Crippen LogP contribution in [0.4, 0.5) is 0 Å². The molecule has 0 aliphatic rings. The van der Waals surface area contributed by atoms with Crippen molar-refractivity contribution in [2.75, 3.05) is 0 Å². The summed E-state index contributed by atoms with van der Waals surface area (Å²) in [5.41, 5.74) is 5.45. The molecule has 0 saturated heterocycles. The fraction of sp³-hybridized carbons (Fsp3) is 0.833. The van der Waals surface area contributed by atoms with Crippen LogP contribution in [0.1, 0.15) is 52.9 Å². The van der Waals surface area contributed by atoms with Gasteiger partial charge in [-0.15, -0.1) is 0 Å². The van der Waals surface area contributed by atoms with Gasteiger partial charge < -0.3 is 16.2 Å². The minimum Gasteiger partial charge on any atom is -0.481 e. The van der Waals surface area contributed by atoms with Crippen molar-refractivity contribution in [3.63, 3.8) is 0 Å². The predicted octanol–water partition coefficient (Wildman–Crippen LogP) is 1.26. The van der Waals surface area contributed by atoms with Crippen molar-refractivity contribution < 1.29 is 14.7 Å². The fourth-order valence-corrected chi connectivity index (χ4v) is 1.78. The number of carboxylic acids is 1. The molecular formula is C12H24N2O3. The summed E-state index contributed by atoms with van der Waals surface area (Å²) in [6.45, 7) is 6.07. The van der Waals surface area contributed by atoms with Gasteiger partial charge in [0.05, 0.1) is 6.04 Å². The van der Waals surface area contributed by atoms with E-state index in [2.05, 4.69) is 5.32 Å². The number of amides is 1. The number of hydrogen-bond acceptors (Lipinski definition) is 3. The van der Waals surface area contributed by atoms with Crippen LogP contribution in [0, 0.1) is 0 Å². The van der Waals surface area contributed by atoms with Gasteiger partial charge in [-0.1, -0.05) is 20.8 Å². The van der Waals surface area contributed by atoms with Gasteiger partial charge in [-0.2, -0.15) is 0 Å². The first-order valence-electron chi connectivity index (χ1n) is 6.20. The Labute approximate surface area is 103 Å². The van der Waals surface area contributed by atoms with Crippen molar-refractivity contribution >= 4 is 11.9 Å². The molecule has 0 bridgehead atoms. The normalized spacial score (nSPS) is 13.2. The first-order chi connectivity index (χ1) is 7.90. The molecule has 4 N–H and O–H groups in total. The van der Waals surface area contributed by atoms with E-state index in [1.807, 2.05) is 20.8 Å². The number of carboxylic acid groups (broad SMARTS) is 1. The molecule has 0 saturated carbocycles. The Morgan fingerprint density at radius 1 is 1.24 bits per heavy atom. The van der Waals surface area contributed by atoms with E-state index in [0.717, 1.165) is 19.3 Å². The first kappa shape index (κ1) is 15.9. The maximum atomic E-state index is 11.8. The third-order valence-corrected chi connectivity index (χ3v) is 3.42. The Hall–Kier alpha value is -1.10. The van der Waals surface area contributed by atoms with Gasteiger partial charge in [0, 0.05) is 12.0 Å². The molecular weight excluding hydrogens is 220 g/mol. The summed E-state index contributed by atoms with van der Waals surface area (Å²) < 4.78 is 0. The van der Waals surface area contributed by atoms with Gasteiger partial charge in [0.2, 0.25) is 5.91 Å². The number of rotatable bonds is 8. The SMILES string of the molecule is CCC(CC)(CC)NC(=O)C(N)CCC(=O)O. The second-order valence-corrected chi connectivity index (χ2v) is 4.37. The molecule has 17 heavy (non-hydrogen) atoms. The Morgan fingerprint density at radius 2 is 1.71 bits per heavy atom. The van der Waals surface area contributed by atoms with Crippen molar-refractivity contribution in [3.05, 3.63) is 0 Å². The highest BCUT2D eigenvalue weighted by Crippen LogP contribution is 2.19. The molecule has 0 spiro atoms. The van der Waals surface area contributed by atoms with Crippen LogP contribution in [-0.2, 0) is 9.59 Å². The van der Waals surface area contributed by atoms with Crippen LogP contribution in [0.25, 0.3) is 0 Å². The van der Waals surface area contributed by atoms with E-state index in [9.17, 15) is 9.59 Å². The molecule has 0 rings (SSSR count). The van der Waals surface area contributed by atoms with Gasteiger partial charge in [0.1, 0.15) is 0 Å². The van der Waals surface area contributed by atoms with Crippen molar-refractivity contribution in [2.24, 2.45) is 5.73 Å². The number of hydrogen-bond donors (Lipinski definition) is 3. The molecule has 0 aromatic rings. The summed E-state index contributed by atoms with van der Waals surface area (Å²) in [4.78, 5) is 22.2. The summed E-state index contributed by atoms with van der Waals surface area (Å²) in [5.74, 6) is -1.18. The second kappa shape index (κ2) is 7.27. The van der Waals surface area contributed by atoms with Crippen molar-refractivity contribution in [1.29, 1.82) is 0 Å². The van der Waals surface area contributed by atoms with Crippen LogP contribution < -0.4 is 11.1 Å². The highest BCUT2D eigenvalue weighted by molar-refractivity contribution is 5.82. The number of carbonyl (C=O) groups excluding carboxylic acids is 1. The third-order valence-electron chi connectivity index (χ3n) is 3.42. The third kappa shape index (κ3) is 5.17. The first-order valence-corrected chi connectivity index (χ1v) is 6.20. The number of nitrogens with one attached hydrogen (secondary N) is 1. The molecule has 0 aliphatic carbocycles. The number of aliphatic carboxylic acids is 1. The Morgan fingerprint density at radius 3 is 2.06 bits per heavy atom. The zero-order valence-corrected chi connectivity index (χ0v) is 11.0. The highest BCUT2D eigenvalue weighted by atomic mass is 16.4. The molecule has 100 valence electrons. The lowest BCUT2D eigenvalue weighted by molar-refractivity contribution is -0.137. The molecule has 0 aliphatic heterocycles. The van der Waals surface area contributed by atoms with E-state index in [1.54, 1.807) is 0 Å². The predicted molar refractivity (Wildman–Crippen MR) is 66.6 cm³/mol. The zero-order chi connectivity index (χ0) is 13.5. The van der Waals surface area contributed by atoms with E-state index < -0.39 is 12.0 Å². The molecule has 0 fully saturated rings. The monoisotopic (exact) mass is 244 g/mol. The smallest absolute Gasteiger partial charge is 0.303 e. The quantitative estimate of drug-likeness (QED) is 0.599. The van der Waals surface area contributed by atoms with Gasteiger partial charge in [-0.25, -0.2) is 0 Å². The number of carbonyl (C=O) groups is 2. The maximum Gasteiger partial charge on any atom is 0.303 e. The molecule has 0 heterocycles. The van der Waals surface area contributed by atoms with E-state index >= 15 is 0 Å². The van der Waals surface area contributed by atoms with Crippen LogP contribution >= 0.6 is 0 Å². The van der Waals surface area contributed by atoms with Crippen LogP contribution in [0.3, 0.4) is 0 Å². The molecule has 5 nitrogen and oxygen atoms in total. The molecule has 0 aromatic heterocycles. The van der Waals surface area contributed by atoms with Crippen LogP contribution in [0.5, 0.6) is 0 Å². The maximum absolute atomic E-state index is 11.8. The summed E-state index contributed by atoms with van der Waals surface area (Å²) in [7, 11) is 0. The summed E-state index contributed by atoms with van der Waals surface area (Å²) in [5, 5.41) is 11.5. The molecule has 0 aromatic carbocycles. The molecule has 1 unspecified atom stereocenters. The van der Waals surface area contributed by atoms with Gasteiger partial charge in [-0.3, -0.25) is 9.59 Å². The average Bonchev–Trinajstić information content (AvgIpc) is 2.32. The lowest BCUT2D eigenvalue weighted by Gasteiger charge is -2.32. The van der Waals surface area contributed by atoms with Gasteiger partial charge >= 0.3 is 5.97 Å². The van der Waals surface area contributed by atoms with Crippen LogP contribution in [0.15, 0.2) is 0 Å². The summed E-state index contributed by atoms with van der Waals surface area (Å²) >= 11 is 0. The van der Waals surface area contributed by atoms with E-state index in [4.69, 9.17) is 10.8 Å². The average molecular weight is 244 g/mol. The lowest BCUT2D eigenvalue weighted by atomic mass is 9.89. The Bertz CT molecular complexity index is 254. The molecule has 1 amide bonds. The van der Waals surface area contributed by atoms with E-state index in [0.29, 0.717) is 0 Å². The van der Waals surface area contributed by atoms with E-state index in [-0.39, 0.29) is 24.3 Å². The van der Waals surface area contributed by atoms with Crippen LogP contribution in [-0.4, -0.2) is 28.6 Å². The minimum absolute atomic E-state index is 0.0774. The minimum atomic E-state index is -0.930. The van der Waals surface area contributed by atoms with Crippen molar-refractivity contribution in [1.82, 2.24) is 5.32 Å². The van der Waals surface area contributed by atoms with E-state index in [1.165, 1.54) is 0 Å². The van der Waals surface area contributed by atoms with Gasteiger partial charge in [0.25, 0.3) is 0 Å². The summed E-state index contributed by atoms with van der Waals surface area (Å²) in [6.07, 6.45) is 2.63. The standard InChI is InChI=1S/C12H24N2O3/c1-4-12(5-2,6-3)14-11(17)9(13)7-8-10(15)16/h9H,4-8,13H2,1-3H3,(H,14,17)(H,15,16). The fourth-order valence-electron chi connectivity index (χ4n) is 1.78. The molecule has 0 radical (unpaired) electrons. The van der Waals surface area contributed by atoms with Crippen molar-refractivity contribution in [3.8, 4) is 0 Å². The zero-order valence-electron chi connectivity index (χ0n) is 11.0. The van der Waals surface area contributed by atoms with Gasteiger partial charge in [0.15, 0.2) is 0 Å². The largest absolute Gasteiger partial charge is 0.481 e. The van der Waals surface area contributed by atoms with Gasteiger partial charge in [-0.05, 0) is 25.7 Å². The number of nitrogens with two attached hydrogens (primary N) is 1. The Balaban J connectivity index is 4.35. The topological polar surface area (TPSA) is 92.4 Å². The van der Waals surface area contributed by atoms with Crippen LogP contribution in [0.2, 0.25) is 0 Å². The lowest BCUT2D eigenvalue weighted by Crippen LogP contribution is -2.53. The molecule has 1 atom stereocenters.